The van der Waals surface area contributed by atoms with Gasteiger partial charge in [-0.2, -0.15) is 0 Å². The van der Waals surface area contributed by atoms with E-state index in [-0.39, 0.29) is 41.4 Å². The van der Waals surface area contributed by atoms with Gasteiger partial charge >= 0.3 is 0 Å². The molecule has 204 valence electrons. The van der Waals surface area contributed by atoms with Gasteiger partial charge in [-0.3, -0.25) is 9.69 Å². The van der Waals surface area contributed by atoms with Crippen LogP contribution in [0, 0.1) is 11.7 Å². The van der Waals surface area contributed by atoms with Crippen LogP contribution in [0.1, 0.15) is 26.7 Å². The molecule has 0 radical (unpaired) electrons. The number of anilines is 2. The van der Waals surface area contributed by atoms with Crippen LogP contribution in [0.2, 0.25) is 5.02 Å². The van der Waals surface area contributed by atoms with Crippen molar-refractivity contribution in [1.29, 1.82) is 0 Å². The van der Waals surface area contributed by atoms with Crippen molar-refractivity contribution in [2.45, 2.75) is 44.9 Å². The van der Waals surface area contributed by atoms with Gasteiger partial charge in [-0.1, -0.05) is 31.5 Å². The number of aromatic nitrogens is 2. The first-order chi connectivity index (χ1) is 18.2. The van der Waals surface area contributed by atoms with Crippen molar-refractivity contribution in [3.63, 3.8) is 0 Å². The Morgan fingerprint density at radius 1 is 1.29 bits per heavy atom. The molecule has 11 heteroatoms. The summed E-state index contributed by atoms with van der Waals surface area (Å²) in [7, 11) is 3.41. The number of rotatable bonds is 10. The maximum absolute atomic E-state index is 14.5. The molecule has 1 fully saturated rings. The first-order valence-corrected chi connectivity index (χ1v) is 12.9. The van der Waals surface area contributed by atoms with Gasteiger partial charge in [0.1, 0.15) is 18.2 Å². The monoisotopic (exact) mass is 545 g/mol. The van der Waals surface area contributed by atoms with Gasteiger partial charge in [-0.25, -0.2) is 14.4 Å². The lowest BCUT2D eigenvalue weighted by Crippen LogP contribution is -2.47. The van der Waals surface area contributed by atoms with E-state index in [1.807, 2.05) is 11.9 Å². The van der Waals surface area contributed by atoms with Crippen LogP contribution in [-0.2, 0) is 4.79 Å². The molecule has 0 saturated carbocycles. The summed E-state index contributed by atoms with van der Waals surface area (Å²) in [6.45, 7) is 4.52. The van der Waals surface area contributed by atoms with Crippen LogP contribution < -0.4 is 20.1 Å². The molecule has 2 heterocycles. The fourth-order valence-corrected chi connectivity index (χ4v) is 4.89. The molecule has 1 aromatic heterocycles. The second-order valence-corrected chi connectivity index (χ2v) is 10.3. The van der Waals surface area contributed by atoms with Crippen molar-refractivity contribution < 1.29 is 23.8 Å². The van der Waals surface area contributed by atoms with Crippen molar-refractivity contribution >= 4 is 39.9 Å². The summed E-state index contributed by atoms with van der Waals surface area (Å²) in [5, 5.41) is 16.2. The second-order valence-electron chi connectivity index (χ2n) is 9.92. The summed E-state index contributed by atoms with van der Waals surface area (Å²) in [5.41, 5.74) is 0.760. The molecule has 3 aromatic rings. The normalized spacial score (nSPS) is 18.5. The highest BCUT2D eigenvalue weighted by molar-refractivity contribution is 6.31. The van der Waals surface area contributed by atoms with Gasteiger partial charge in [0.25, 0.3) is 0 Å². The number of amides is 1. The van der Waals surface area contributed by atoms with E-state index in [2.05, 4.69) is 34.4 Å². The number of hydrogen-bond donors (Lipinski definition) is 3. The predicted molar refractivity (Wildman–Crippen MR) is 145 cm³/mol. The zero-order valence-electron chi connectivity index (χ0n) is 21.9. The number of aliphatic hydroxyl groups is 1. The SMILES string of the molecule is COc1cc2ncnc(Nc3cccc(Cl)c3F)c2cc1O[C@H]1C[C@H](C(=O)N[C@@H](CO)CC(C)C)N(C)C1. The smallest absolute Gasteiger partial charge is 0.237 e. The Balaban J connectivity index is 1.55. The van der Waals surface area contributed by atoms with Crippen molar-refractivity contribution in [2.24, 2.45) is 5.92 Å². The number of hydrogen-bond acceptors (Lipinski definition) is 8. The molecule has 1 saturated heterocycles. The number of carbonyl (C=O) groups excluding carboxylic acids is 1. The highest BCUT2D eigenvalue weighted by Crippen LogP contribution is 2.37. The van der Waals surface area contributed by atoms with Crippen LogP contribution in [0.25, 0.3) is 10.9 Å². The second kappa shape index (κ2) is 12.1. The summed E-state index contributed by atoms with van der Waals surface area (Å²) in [6, 6.07) is 7.48. The number of ether oxygens (including phenoxy) is 2. The third kappa shape index (κ3) is 6.25. The molecule has 1 amide bonds. The zero-order chi connectivity index (χ0) is 27.4. The van der Waals surface area contributed by atoms with Crippen molar-refractivity contribution in [3.8, 4) is 11.5 Å². The molecule has 0 aliphatic carbocycles. The van der Waals surface area contributed by atoms with E-state index in [0.29, 0.717) is 53.5 Å². The average Bonchev–Trinajstić information content (AvgIpc) is 3.25. The lowest BCUT2D eigenvalue weighted by molar-refractivity contribution is -0.126. The van der Waals surface area contributed by atoms with E-state index in [0.717, 1.165) is 0 Å². The number of carbonyl (C=O) groups is 1. The number of nitrogens with zero attached hydrogens (tertiary/aromatic N) is 3. The van der Waals surface area contributed by atoms with E-state index < -0.39 is 5.82 Å². The number of methoxy groups -OCH3 is 1. The van der Waals surface area contributed by atoms with Gasteiger partial charge in [0.05, 0.1) is 42.0 Å². The van der Waals surface area contributed by atoms with E-state index in [4.69, 9.17) is 21.1 Å². The molecule has 2 aromatic carbocycles. The van der Waals surface area contributed by atoms with Crippen LogP contribution in [0.5, 0.6) is 11.5 Å². The molecule has 1 aliphatic rings. The number of likely N-dealkylation sites (tertiary alicyclic amines) is 1. The summed E-state index contributed by atoms with van der Waals surface area (Å²) >= 11 is 5.93. The molecule has 3 atom stereocenters. The Morgan fingerprint density at radius 2 is 2.08 bits per heavy atom. The topological polar surface area (TPSA) is 109 Å². The lowest BCUT2D eigenvalue weighted by Gasteiger charge is -2.23. The van der Waals surface area contributed by atoms with E-state index in [1.54, 1.807) is 24.3 Å². The van der Waals surface area contributed by atoms with Gasteiger partial charge in [0.15, 0.2) is 17.3 Å². The van der Waals surface area contributed by atoms with Crippen LogP contribution in [0.3, 0.4) is 0 Å². The Labute approximate surface area is 226 Å². The lowest BCUT2D eigenvalue weighted by atomic mass is 10.0. The highest BCUT2D eigenvalue weighted by Gasteiger charge is 2.37. The molecule has 9 nitrogen and oxygen atoms in total. The standard InChI is InChI=1S/C27H33ClFN5O4/c1-15(2)8-16(13-35)32-27(36)22-9-17(12-34(22)3)38-24-10-18-21(11-23(24)37-4)30-14-31-26(18)33-20-7-5-6-19(28)25(20)29/h5-7,10-11,14-17,22,35H,8-9,12-13H2,1-4H3,(H,32,36)(H,30,31,33)/t16-,17+,22-/m1/s1. The van der Waals surface area contributed by atoms with Crippen LogP contribution in [0.4, 0.5) is 15.9 Å². The minimum absolute atomic E-state index is 0.00230. The molecule has 0 unspecified atom stereocenters. The third-order valence-electron chi connectivity index (χ3n) is 6.55. The Kier molecular flexibility index (Phi) is 8.86. The molecule has 4 rings (SSSR count). The van der Waals surface area contributed by atoms with Gasteiger partial charge in [-0.15, -0.1) is 0 Å². The van der Waals surface area contributed by atoms with E-state index in [1.165, 1.54) is 19.5 Å². The fraction of sp³-hybridized carbons (Fsp3) is 0.444. The number of aliphatic hydroxyl groups excluding tert-OH is 1. The van der Waals surface area contributed by atoms with E-state index >= 15 is 0 Å². The molecule has 1 aliphatic heterocycles. The van der Waals surface area contributed by atoms with Crippen molar-refractivity contribution in [3.05, 3.63) is 47.5 Å². The first-order valence-electron chi connectivity index (χ1n) is 12.5. The quantitative estimate of drug-likeness (QED) is 0.349. The maximum Gasteiger partial charge on any atom is 0.237 e. The van der Waals surface area contributed by atoms with Gasteiger partial charge in [0, 0.05) is 24.4 Å². The summed E-state index contributed by atoms with van der Waals surface area (Å²) in [5.74, 6) is 0.947. The Morgan fingerprint density at radius 3 is 2.79 bits per heavy atom. The Hall–Kier alpha value is -3.21. The number of benzene rings is 2. The van der Waals surface area contributed by atoms with E-state index in [9.17, 15) is 14.3 Å². The minimum Gasteiger partial charge on any atom is -0.493 e. The molecule has 38 heavy (non-hydrogen) atoms. The summed E-state index contributed by atoms with van der Waals surface area (Å²) in [4.78, 5) is 23.5. The molecular weight excluding hydrogens is 513 g/mol. The minimum atomic E-state index is -0.582. The van der Waals surface area contributed by atoms with Crippen LogP contribution in [-0.4, -0.2) is 71.4 Å². The number of halogens is 2. The van der Waals surface area contributed by atoms with Crippen LogP contribution in [0.15, 0.2) is 36.7 Å². The maximum atomic E-state index is 14.5. The first kappa shape index (κ1) is 27.8. The number of nitrogens with one attached hydrogen (secondary N) is 2. The largest absolute Gasteiger partial charge is 0.493 e. The van der Waals surface area contributed by atoms with Crippen molar-refractivity contribution in [2.75, 3.05) is 32.6 Å². The molecule has 3 N–H and O–H groups in total. The molecule has 0 bridgehead atoms. The number of likely N-dealkylation sites (N-methyl/N-ethyl adjacent to an activating group) is 1. The summed E-state index contributed by atoms with van der Waals surface area (Å²) in [6.07, 6.45) is 2.25. The average molecular weight is 546 g/mol. The van der Waals surface area contributed by atoms with Gasteiger partial charge in [0.2, 0.25) is 5.91 Å². The van der Waals surface area contributed by atoms with Crippen molar-refractivity contribution in [1.82, 2.24) is 20.2 Å². The number of fused-ring (bicyclic) bond motifs is 1. The van der Waals surface area contributed by atoms with Crippen LogP contribution >= 0.6 is 11.6 Å². The van der Waals surface area contributed by atoms with Gasteiger partial charge < -0.3 is 25.2 Å². The highest BCUT2D eigenvalue weighted by atomic mass is 35.5. The summed E-state index contributed by atoms with van der Waals surface area (Å²) < 4.78 is 26.4. The Bertz CT molecular complexity index is 1290. The molecular formula is C27H33ClFN5O4. The van der Waals surface area contributed by atoms with Gasteiger partial charge in [-0.05, 0) is 37.6 Å². The molecule has 0 spiro atoms. The predicted octanol–water partition coefficient (Wildman–Crippen LogP) is 4.15. The third-order valence-corrected chi connectivity index (χ3v) is 6.85. The fourth-order valence-electron chi connectivity index (χ4n) is 4.71. The zero-order valence-corrected chi connectivity index (χ0v) is 22.6.